The molecule has 176 valence electrons. The molecule has 2 aromatic carbocycles. The monoisotopic (exact) mass is 540 g/mol. The zero-order valence-electron chi connectivity index (χ0n) is 19.2. The number of methoxy groups -OCH3 is 1. The number of halogens is 1. The number of hydrogen-bond acceptors (Lipinski definition) is 8. The molecule has 0 fully saturated rings. The Balaban J connectivity index is 1.45. The Hall–Kier alpha value is -3.08. The van der Waals surface area contributed by atoms with Crippen LogP contribution < -0.4 is 10.2 Å². The van der Waals surface area contributed by atoms with Gasteiger partial charge in [0, 0.05) is 58.4 Å². The molecule has 8 nitrogen and oxygen atoms in total. The van der Waals surface area contributed by atoms with Crippen molar-refractivity contribution in [2.24, 2.45) is 0 Å². The molecule has 0 atom stereocenters. The van der Waals surface area contributed by atoms with Crippen LogP contribution in [0.2, 0.25) is 0 Å². The van der Waals surface area contributed by atoms with E-state index in [2.05, 4.69) is 68.3 Å². The van der Waals surface area contributed by atoms with Gasteiger partial charge in [-0.3, -0.25) is 4.79 Å². The minimum absolute atomic E-state index is 0.125. The van der Waals surface area contributed by atoms with Gasteiger partial charge in [0.05, 0.1) is 18.0 Å². The number of ether oxygens (including phenoxy) is 1. The summed E-state index contributed by atoms with van der Waals surface area (Å²) in [6.45, 7) is 6.74. The largest absolute Gasteiger partial charge is 0.383 e. The van der Waals surface area contributed by atoms with Crippen molar-refractivity contribution in [1.82, 2.24) is 19.7 Å². The lowest BCUT2D eigenvalue weighted by Gasteiger charge is -2.23. The van der Waals surface area contributed by atoms with Crippen LogP contribution in [0.1, 0.15) is 23.1 Å². The second-order valence-corrected chi connectivity index (χ2v) is 9.15. The molecule has 2 heterocycles. The lowest BCUT2D eigenvalue weighted by Crippen LogP contribution is -2.26. The number of likely N-dealkylation sites (N-methyl/N-ethyl adjacent to an activating group) is 1. The Morgan fingerprint density at radius 3 is 2.68 bits per heavy atom. The van der Waals surface area contributed by atoms with Crippen molar-refractivity contribution in [2.75, 3.05) is 37.0 Å². The zero-order valence-corrected chi connectivity index (χ0v) is 21.6. The number of thiazole rings is 1. The maximum atomic E-state index is 11.3. The molecule has 0 bridgehead atoms. The zero-order chi connectivity index (χ0) is 24.1. The quantitative estimate of drug-likeness (QED) is 0.267. The summed E-state index contributed by atoms with van der Waals surface area (Å²) in [5.41, 5.74) is 6.07. The normalized spacial score (nSPS) is 10.9. The van der Waals surface area contributed by atoms with Gasteiger partial charge in [0.2, 0.25) is 5.82 Å². The highest BCUT2D eigenvalue weighted by Gasteiger charge is 2.11. The van der Waals surface area contributed by atoms with Crippen LogP contribution in [-0.2, 0) is 4.74 Å². The highest BCUT2D eigenvalue weighted by Crippen LogP contribution is 2.30. The van der Waals surface area contributed by atoms with Crippen molar-refractivity contribution >= 4 is 48.5 Å². The maximum absolute atomic E-state index is 11.3. The third-order valence-electron chi connectivity index (χ3n) is 5.36. The van der Waals surface area contributed by atoms with Crippen LogP contribution in [0.25, 0.3) is 16.9 Å². The lowest BCUT2D eigenvalue weighted by molar-refractivity contribution is 0.108. The highest BCUT2D eigenvalue weighted by molar-refractivity contribution is 9.18. The fraction of sp³-hybridized carbons (Fsp3) is 0.250. The van der Waals surface area contributed by atoms with Crippen molar-refractivity contribution in [3.05, 3.63) is 65.6 Å². The third kappa shape index (κ3) is 5.52. The summed E-state index contributed by atoms with van der Waals surface area (Å²) in [6.07, 6.45) is 1.51. The number of benzene rings is 2. The number of anilines is 3. The molecule has 0 aliphatic rings. The number of hydrogen-bond donors (Lipinski definition) is 1. The van der Waals surface area contributed by atoms with Gasteiger partial charge in [-0.25, -0.2) is 14.6 Å². The van der Waals surface area contributed by atoms with Gasteiger partial charge in [-0.05, 0) is 49.7 Å². The van der Waals surface area contributed by atoms with E-state index in [0.29, 0.717) is 6.61 Å². The van der Waals surface area contributed by atoms with Crippen LogP contribution in [0, 0.1) is 6.92 Å². The van der Waals surface area contributed by atoms with Gasteiger partial charge < -0.3 is 15.0 Å². The standard InChI is InChI=1S/C24H25BrN6O2S/c1-4-30(11-12-33-3)19-9-10-20(16(2)13-19)27-24-28-21(14-34-24)17-5-7-18(8-6-17)31-15-26-23(29-31)22(25)32/h5-10,13-15H,4,11-12H2,1-3H3,(H,27,28). The molecule has 1 N–H and O–H groups in total. The number of nitrogens with one attached hydrogen (secondary N) is 1. The summed E-state index contributed by atoms with van der Waals surface area (Å²) in [5, 5.41) is 10.5. The number of carbonyl (C=O) groups is 1. The van der Waals surface area contributed by atoms with Gasteiger partial charge in [-0.15, -0.1) is 16.4 Å². The van der Waals surface area contributed by atoms with Gasteiger partial charge in [0.15, 0.2) is 5.13 Å². The van der Waals surface area contributed by atoms with Gasteiger partial charge in [-0.2, -0.15) is 0 Å². The van der Waals surface area contributed by atoms with Crippen LogP contribution in [0.5, 0.6) is 0 Å². The molecule has 0 aliphatic carbocycles. The van der Waals surface area contributed by atoms with Crippen LogP contribution >= 0.6 is 27.3 Å². The van der Waals surface area contributed by atoms with Crippen LogP contribution in [0.15, 0.2) is 54.2 Å². The molecular formula is C24H25BrN6O2S. The molecule has 0 radical (unpaired) electrons. The Morgan fingerprint density at radius 2 is 2.03 bits per heavy atom. The van der Waals surface area contributed by atoms with E-state index in [9.17, 15) is 4.79 Å². The van der Waals surface area contributed by atoms with Crippen molar-refractivity contribution < 1.29 is 9.53 Å². The molecule has 10 heteroatoms. The summed E-state index contributed by atoms with van der Waals surface area (Å²) >= 11 is 4.43. The Kier molecular flexibility index (Phi) is 7.71. The minimum Gasteiger partial charge on any atom is -0.383 e. The van der Waals surface area contributed by atoms with Gasteiger partial charge >= 0.3 is 0 Å². The molecule has 34 heavy (non-hydrogen) atoms. The summed E-state index contributed by atoms with van der Waals surface area (Å²) < 4.78 is 6.44. The van der Waals surface area contributed by atoms with E-state index in [1.165, 1.54) is 12.0 Å². The first-order chi connectivity index (χ1) is 16.5. The molecule has 0 saturated carbocycles. The third-order valence-corrected chi connectivity index (χ3v) is 6.48. The Bertz CT molecular complexity index is 1270. The second-order valence-electron chi connectivity index (χ2n) is 7.57. The fourth-order valence-electron chi connectivity index (χ4n) is 3.50. The van der Waals surface area contributed by atoms with Gasteiger partial charge in [0.25, 0.3) is 4.69 Å². The first kappa shape index (κ1) is 24.1. The minimum atomic E-state index is -0.343. The molecular weight excluding hydrogens is 516 g/mol. The SMILES string of the molecule is CCN(CCOC)c1ccc(Nc2nc(-c3ccc(-n4cnc(C(=O)Br)n4)cc3)cs2)c(C)c1. The van der Waals surface area contributed by atoms with Crippen LogP contribution in [0.4, 0.5) is 16.5 Å². The second kappa shape index (κ2) is 10.9. The smallest absolute Gasteiger partial charge is 0.267 e. The molecule has 2 aromatic heterocycles. The molecule has 0 aliphatic heterocycles. The van der Waals surface area contributed by atoms with E-state index in [4.69, 9.17) is 9.72 Å². The lowest BCUT2D eigenvalue weighted by atomic mass is 10.1. The van der Waals surface area contributed by atoms with Crippen molar-refractivity contribution in [3.8, 4) is 16.9 Å². The Labute approximate surface area is 210 Å². The van der Waals surface area contributed by atoms with Crippen LogP contribution in [-0.4, -0.2) is 51.2 Å². The molecule has 0 spiro atoms. The average Bonchev–Trinajstić information content (AvgIpc) is 3.52. The van der Waals surface area contributed by atoms with Crippen molar-refractivity contribution in [3.63, 3.8) is 0 Å². The molecule has 0 saturated heterocycles. The molecule has 4 aromatic rings. The van der Waals surface area contributed by atoms with Crippen LogP contribution in [0.3, 0.4) is 0 Å². The number of nitrogens with zero attached hydrogens (tertiary/aromatic N) is 5. The van der Waals surface area contributed by atoms with Crippen molar-refractivity contribution in [2.45, 2.75) is 13.8 Å². The highest BCUT2D eigenvalue weighted by atomic mass is 79.9. The first-order valence-electron chi connectivity index (χ1n) is 10.8. The topological polar surface area (TPSA) is 85.2 Å². The van der Waals surface area contributed by atoms with Gasteiger partial charge in [0.1, 0.15) is 6.33 Å². The van der Waals surface area contributed by atoms with Gasteiger partial charge in [-0.1, -0.05) is 12.1 Å². The average molecular weight is 541 g/mol. The number of aryl methyl sites for hydroxylation is 1. The molecule has 4 rings (SSSR count). The predicted octanol–water partition coefficient (Wildman–Crippen LogP) is 5.45. The van der Waals surface area contributed by atoms with E-state index in [1.807, 2.05) is 29.6 Å². The number of carbonyl (C=O) groups excluding carboxylic acids is 1. The number of rotatable bonds is 10. The first-order valence-corrected chi connectivity index (χ1v) is 12.4. The maximum Gasteiger partial charge on any atom is 0.267 e. The summed E-state index contributed by atoms with van der Waals surface area (Å²) in [4.78, 5) is 22.4. The summed E-state index contributed by atoms with van der Waals surface area (Å²) in [6, 6.07) is 14.2. The Morgan fingerprint density at radius 1 is 1.24 bits per heavy atom. The van der Waals surface area contributed by atoms with E-state index < -0.39 is 0 Å². The predicted molar refractivity (Wildman–Crippen MR) is 140 cm³/mol. The summed E-state index contributed by atoms with van der Waals surface area (Å²) in [5.74, 6) is 0.125. The van der Waals surface area contributed by atoms with E-state index in [0.717, 1.165) is 46.4 Å². The van der Waals surface area contributed by atoms with Crippen molar-refractivity contribution in [1.29, 1.82) is 0 Å². The van der Waals surface area contributed by atoms with E-state index >= 15 is 0 Å². The van der Waals surface area contributed by atoms with E-state index in [-0.39, 0.29) is 10.5 Å². The molecule has 0 amide bonds. The molecule has 0 unspecified atom stereocenters. The van der Waals surface area contributed by atoms with E-state index in [1.54, 1.807) is 23.1 Å². The number of aromatic nitrogens is 4. The summed E-state index contributed by atoms with van der Waals surface area (Å²) in [7, 11) is 1.73. The fourth-order valence-corrected chi connectivity index (χ4v) is 4.41.